The van der Waals surface area contributed by atoms with Crippen molar-refractivity contribution in [1.82, 2.24) is 0 Å². The quantitative estimate of drug-likeness (QED) is 0.195. The minimum Gasteiger partial charge on any atom is -0.553 e. The van der Waals surface area contributed by atoms with Gasteiger partial charge in [0.05, 0.1) is 20.9 Å². The molecule has 0 N–H and O–H groups in total. The Kier molecular flexibility index (Phi) is 11.7. The van der Waals surface area contributed by atoms with E-state index in [2.05, 4.69) is 134 Å². The lowest BCUT2D eigenvalue weighted by atomic mass is 9.95. The van der Waals surface area contributed by atoms with Crippen LogP contribution in [0, 0.1) is 11.8 Å². The fraction of sp³-hybridized carbons (Fsp3) is 1.00. The third kappa shape index (κ3) is 7.24. The molecule has 36 heavy (non-hydrogen) atoms. The lowest BCUT2D eigenvalue weighted by Gasteiger charge is -2.61. The minimum atomic E-state index is -1.30. The SMILES string of the molecule is CC(C)[Si](C([Si](C)(C)C)[Si](C)(C)C)[Si]1=[Si]([Si](C(C)C)C([Si](C)(C)C)[Si](C)(C)C)C(C(C)C)(C(C)C)O1. The van der Waals surface area contributed by atoms with Gasteiger partial charge in [-0.25, -0.2) is 0 Å². The second kappa shape index (κ2) is 11.8. The third-order valence-corrected chi connectivity index (χ3v) is 76.0. The molecule has 0 fully saturated rings. The molecule has 0 bridgehead atoms. The van der Waals surface area contributed by atoms with Gasteiger partial charge in [0.25, 0.3) is 0 Å². The van der Waals surface area contributed by atoms with Crippen molar-refractivity contribution in [3.8, 4) is 0 Å². The first-order valence-electron chi connectivity index (χ1n) is 14.9. The summed E-state index contributed by atoms with van der Waals surface area (Å²) in [4.78, 5) is 2.16. The van der Waals surface area contributed by atoms with E-state index in [9.17, 15) is 0 Å². The van der Waals surface area contributed by atoms with E-state index in [1.165, 1.54) is 0 Å². The maximum Gasteiger partial charge on any atom is 0.180 e. The Bertz CT molecular complexity index is 740. The van der Waals surface area contributed by atoms with E-state index >= 15 is 0 Å². The zero-order chi connectivity index (χ0) is 29.0. The highest BCUT2D eigenvalue weighted by molar-refractivity contribution is 7.53. The Morgan fingerprint density at radius 2 is 0.778 bits per heavy atom. The molecule has 0 unspecified atom stereocenters. The third-order valence-electron chi connectivity index (χ3n) is 8.49. The smallest absolute Gasteiger partial charge is 0.180 e. The zero-order valence-electron chi connectivity index (χ0n) is 28.4. The van der Waals surface area contributed by atoms with E-state index in [4.69, 9.17) is 4.43 Å². The minimum absolute atomic E-state index is 0.226. The highest BCUT2D eigenvalue weighted by atomic mass is 29.6. The normalized spacial score (nSPS) is 18.1. The summed E-state index contributed by atoms with van der Waals surface area (Å²) in [6.07, 6.45) is 0. The molecule has 0 saturated heterocycles. The van der Waals surface area contributed by atoms with Crippen LogP contribution in [0.4, 0.5) is 0 Å². The molecule has 1 nitrogen and oxygen atoms in total. The first kappa shape index (κ1) is 35.6. The summed E-state index contributed by atoms with van der Waals surface area (Å²) in [5, 5.41) is 0.226. The molecule has 0 spiro atoms. The van der Waals surface area contributed by atoms with E-state index in [0.29, 0.717) is 11.8 Å². The van der Waals surface area contributed by atoms with Crippen LogP contribution in [0.2, 0.25) is 99.2 Å². The van der Waals surface area contributed by atoms with Gasteiger partial charge in [0, 0.05) is 32.3 Å². The molecule has 0 aromatic rings. The van der Waals surface area contributed by atoms with Crippen LogP contribution < -0.4 is 0 Å². The second-order valence-electron chi connectivity index (χ2n) is 17.5. The Hall–Kier alpha value is 1.54. The van der Waals surface area contributed by atoms with Crippen LogP contribution in [-0.2, 0) is 4.43 Å². The molecule has 2 radical (unpaired) electrons. The van der Waals surface area contributed by atoms with E-state index in [1.807, 2.05) is 0 Å². The van der Waals surface area contributed by atoms with Crippen molar-refractivity contribution in [3.63, 3.8) is 0 Å². The highest BCUT2D eigenvalue weighted by Gasteiger charge is 2.63. The van der Waals surface area contributed by atoms with Crippen molar-refractivity contribution in [2.75, 3.05) is 0 Å². The summed E-state index contributed by atoms with van der Waals surface area (Å²) in [7, 11) is -7.48. The number of rotatable bonds is 12. The maximum absolute atomic E-state index is 7.76. The van der Waals surface area contributed by atoms with Crippen LogP contribution in [0.15, 0.2) is 0 Å². The van der Waals surface area contributed by atoms with Crippen molar-refractivity contribution >= 4 is 64.0 Å². The number of hydrogen-bond donors (Lipinski definition) is 0. The lowest BCUT2D eigenvalue weighted by molar-refractivity contribution is 0.0474. The zero-order valence-corrected chi connectivity index (χ0v) is 36.4. The molecule has 0 aliphatic carbocycles. The van der Waals surface area contributed by atoms with Crippen LogP contribution in [0.5, 0.6) is 0 Å². The second-order valence-corrected chi connectivity index (χ2v) is 62.0. The summed E-state index contributed by atoms with van der Waals surface area (Å²) in [6.45, 7) is 53.5. The fourth-order valence-electron chi connectivity index (χ4n) is 8.40. The van der Waals surface area contributed by atoms with Gasteiger partial charge >= 0.3 is 0 Å². The van der Waals surface area contributed by atoms with Gasteiger partial charge in [0.15, 0.2) is 7.65 Å². The van der Waals surface area contributed by atoms with Crippen molar-refractivity contribution in [3.05, 3.63) is 0 Å². The Morgan fingerprint density at radius 3 is 1.00 bits per heavy atom. The molecule has 0 aromatic heterocycles. The van der Waals surface area contributed by atoms with E-state index in [0.717, 1.165) is 20.7 Å². The Labute approximate surface area is 238 Å². The number of hydrogen-bond acceptors (Lipinski definition) is 1. The fourth-order valence-corrected chi connectivity index (χ4v) is 118. The Morgan fingerprint density at radius 1 is 0.500 bits per heavy atom. The van der Waals surface area contributed by atoms with Gasteiger partial charge < -0.3 is 4.43 Å². The van der Waals surface area contributed by atoms with E-state index in [1.54, 1.807) is 0 Å². The summed E-state index contributed by atoms with van der Waals surface area (Å²) in [5.74, 6) is 1.32. The summed E-state index contributed by atoms with van der Waals surface area (Å²) in [6, 6.07) is 0. The summed E-state index contributed by atoms with van der Waals surface area (Å²) >= 11 is 0. The molecule has 0 aromatic carbocycles. The molecule has 0 saturated carbocycles. The molecule has 9 heteroatoms. The molecular formula is C27H66OSi8. The molecule has 0 amide bonds. The van der Waals surface area contributed by atoms with Crippen LogP contribution in [0.3, 0.4) is 0 Å². The van der Waals surface area contributed by atoms with Crippen molar-refractivity contribution in [2.45, 2.75) is 160 Å². The first-order valence-corrected chi connectivity index (χ1v) is 38.4. The molecule has 0 atom stereocenters. The molecule has 212 valence electrons. The van der Waals surface area contributed by atoms with Crippen LogP contribution in [-0.4, -0.2) is 69.2 Å². The lowest BCUT2D eigenvalue weighted by Crippen LogP contribution is -2.78. The van der Waals surface area contributed by atoms with Gasteiger partial charge in [-0.15, -0.1) is 0 Å². The predicted molar refractivity (Wildman–Crippen MR) is 188 cm³/mol. The highest BCUT2D eigenvalue weighted by Crippen LogP contribution is 2.49. The van der Waals surface area contributed by atoms with Gasteiger partial charge in [-0.3, -0.25) is 0 Å². The van der Waals surface area contributed by atoms with Crippen molar-refractivity contribution in [1.29, 1.82) is 0 Å². The summed E-state index contributed by atoms with van der Waals surface area (Å²) < 4.78 is 7.76. The topological polar surface area (TPSA) is 9.23 Å². The predicted octanol–water partition coefficient (Wildman–Crippen LogP) is 9.39. The summed E-state index contributed by atoms with van der Waals surface area (Å²) in [5.41, 5.74) is 1.75. The van der Waals surface area contributed by atoms with Crippen molar-refractivity contribution in [2.24, 2.45) is 11.8 Å². The Balaban J connectivity index is 4.25. The van der Waals surface area contributed by atoms with Crippen LogP contribution in [0.1, 0.15) is 55.4 Å². The van der Waals surface area contributed by atoms with Gasteiger partial charge in [-0.05, 0) is 17.4 Å². The van der Waals surface area contributed by atoms with Gasteiger partial charge in [0.1, 0.15) is 8.31 Å². The molecule has 1 aliphatic heterocycles. The average Bonchev–Trinajstić information content (AvgIpc) is 2.53. The van der Waals surface area contributed by atoms with Crippen molar-refractivity contribution < 1.29 is 4.43 Å². The van der Waals surface area contributed by atoms with E-state index < -0.39 is 64.0 Å². The maximum atomic E-state index is 7.76. The molecule has 1 rings (SSSR count). The van der Waals surface area contributed by atoms with E-state index in [-0.39, 0.29) is 5.22 Å². The van der Waals surface area contributed by atoms with Gasteiger partial charge in [-0.2, -0.15) is 0 Å². The molecule has 1 heterocycles. The van der Waals surface area contributed by atoms with Crippen LogP contribution in [0.25, 0.3) is 0 Å². The monoisotopic (exact) mass is 630 g/mol. The average molecular weight is 632 g/mol. The molecular weight excluding hydrogens is 565 g/mol. The van der Waals surface area contributed by atoms with Gasteiger partial charge in [0.2, 0.25) is 0 Å². The standard InChI is InChI=1S/C27H66OSi8/c1-21(2)27(22(3)4)28-32(30(24(7)8)26(35(15,16)17)36(18,19)20)31(27)29(23(5)6)25(33(9,10)11)34(12,13)14/h21-26H,1-20H3. The largest absolute Gasteiger partial charge is 0.553 e. The molecule has 1 aliphatic rings. The first-order chi connectivity index (χ1) is 15.7. The van der Waals surface area contributed by atoms with Gasteiger partial charge in [-0.1, -0.05) is 149 Å². The van der Waals surface area contributed by atoms with Crippen LogP contribution >= 0.6 is 0 Å².